The molecule has 7 heteroatoms. The maximum atomic E-state index is 4.22. The Hall–Kier alpha value is -1.76. The van der Waals surface area contributed by atoms with E-state index in [1.165, 1.54) is 6.33 Å². The number of hydrogen-bond donors (Lipinski definition) is 0. The monoisotopic (exact) mass is 278 g/mol. The van der Waals surface area contributed by atoms with E-state index in [1.54, 1.807) is 21.8 Å². The average molecular weight is 279 g/mol. The molecule has 0 aliphatic heterocycles. The molecule has 0 bridgehead atoms. The Balaban J connectivity index is 2.31. The highest BCUT2D eigenvalue weighted by Crippen LogP contribution is 2.18. The molecule has 3 heterocycles. The average Bonchev–Trinajstić information content (AvgIpc) is 2.86. The van der Waals surface area contributed by atoms with Gasteiger partial charge < -0.3 is 0 Å². The minimum absolute atomic E-state index is 0.726. The van der Waals surface area contributed by atoms with Gasteiger partial charge in [-0.15, -0.1) is 0 Å². The molecule has 0 saturated carbocycles. The number of nitrogens with zero attached hydrogens (tertiary/aromatic N) is 6. The minimum atomic E-state index is 0.726. The third-order valence-corrected chi connectivity index (χ3v) is 2.69. The third-order valence-electron chi connectivity index (χ3n) is 2.28. The van der Waals surface area contributed by atoms with E-state index in [0.29, 0.717) is 0 Å². The quantitative estimate of drug-likeness (QED) is 0.674. The number of fused-ring (bicyclic) bond motifs is 1. The van der Waals surface area contributed by atoms with Gasteiger partial charge in [0.05, 0.1) is 22.3 Å². The van der Waals surface area contributed by atoms with Crippen molar-refractivity contribution >= 4 is 27.0 Å². The number of aromatic nitrogens is 6. The van der Waals surface area contributed by atoms with Crippen LogP contribution in [-0.2, 0) is 7.05 Å². The van der Waals surface area contributed by atoms with Crippen LogP contribution in [0.3, 0.4) is 0 Å². The van der Waals surface area contributed by atoms with Crippen molar-refractivity contribution < 1.29 is 0 Å². The van der Waals surface area contributed by atoms with Crippen molar-refractivity contribution in [2.24, 2.45) is 7.05 Å². The Morgan fingerprint density at radius 2 is 2.06 bits per heavy atom. The fourth-order valence-electron chi connectivity index (χ4n) is 1.55. The maximum absolute atomic E-state index is 4.22. The van der Waals surface area contributed by atoms with Crippen LogP contribution in [0.15, 0.2) is 29.4 Å². The van der Waals surface area contributed by atoms with Crippen LogP contribution >= 0.6 is 15.9 Å². The Kier molecular flexibility index (Phi) is 2.00. The van der Waals surface area contributed by atoms with Gasteiger partial charge in [-0.05, 0) is 15.9 Å². The summed E-state index contributed by atoms with van der Waals surface area (Å²) in [4.78, 5) is 8.39. The molecule has 0 aromatic carbocycles. The van der Waals surface area contributed by atoms with Crippen LogP contribution in [0.2, 0.25) is 0 Å². The summed E-state index contributed by atoms with van der Waals surface area (Å²) in [5.74, 6) is 0.726. The van der Waals surface area contributed by atoms with Gasteiger partial charge in [0.2, 0.25) is 0 Å². The van der Waals surface area contributed by atoms with Gasteiger partial charge in [-0.25, -0.2) is 14.6 Å². The van der Waals surface area contributed by atoms with E-state index < -0.39 is 0 Å². The lowest BCUT2D eigenvalue weighted by Crippen LogP contribution is -2.00. The fraction of sp³-hybridized carbons (Fsp3) is 0.111. The number of hydrogen-bond acceptors (Lipinski definition) is 4. The smallest absolute Gasteiger partial charge is 0.167 e. The van der Waals surface area contributed by atoms with Crippen molar-refractivity contribution in [3.8, 4) is 5.82 Å². The zero-order valence-electron chi connectivity index (χ0n) is 8.37. The first-order valence-electron chi connectivity index (χ1n) is 4.59. The van der Waals surface area contributed by atoms with Gasteiger partial charge in [0, 0.05) is 13.2 Å². The molecule has 0 atom stereocenters. The predicted octanol–water partition coefficient (Wildman–Crippen LogP) is 1.31. The van der Waals surface area contributed by atoms with Crippen molar-refractivity contribution in [3.63, 3.8) is 0 Å². The first-order chi connectivity index (χ1) is 7.75. The highest BCUT2D eigenvalue weighted by molar-refractivity contribution is 9.10. The Morgan fingerprint density at radius 1 is 1.19 bits per heavy atom. The molecule has 16 heavy (non-hydrogen) atoms. The minimum Gasteiger partial charge on any atom is -0.250 e. The van der Waals surface area contributed by atoms with Gasteiger partial charge in [-0.1, -0.05) is 0 Å². The van der Waals surface area contributed by atoms with E-state index >= 15 is 0 Å². The van der Waals surface area contributed by atoms with Crippen molar-refractivity contribution in [1.29, 1.82) is 0 Å². The number of aryl methyl sites for hydroxylation is 1. The van der Waals surface area contributed by atoms with Crippen LogP contribution in [0.4, 0.5) is 0 Å². The van der Waals surface area contributed by atoms with E-state index in [2.05, 4.69) is 36.1 Å². The van der Waals surface area contributed by atoms with Gasteiger partial charge in [0.1, 0.15) is 6.33 Å². The molecule has 0 aliphatic rings. The predicted molar refractivity (Wildman–Crippen MR) is 61.1 cm³/mol. The zero-order valence-corrected chi connectivity index (χ0v) is 9.96. The van der Waals surface area contributed by atoms with Gasteiger partial charge in [0.25, 0.3) is 0 Å². The van der Waals surface area contributed by atoms with Crippen LogP contribution in [0.25, 0.3) is 16.9 Å². The van der Waals surface area contributed by atoms with Crippen molar-refractivity contribution in [3.05, 3.63) is 29.4 Å². The first-order valence-corrected chi connectivity index (χ1v) is 5.38. The van der Waals surface area contributed by atoms with E-state index in [-0.39, 0.29) is 0 Å². The molecule has 0 aliphatic carbocycles. The molecule has 0 saturated heterocycles. The van der Waals surface area contributed by atoms with Gasteiger partial charge >= 0.3 is 0 Å². The first kappa shape index (κ1) is 9.46. The fourth-order valence-corrected chi connectivity index (χ4v) is 1.83. The summed E-state index contributed by atoms with van der Waals surface area (Å²) in [7, 11) is 1.85. The summed E-state index contributed by atoms with van der Waals surface area (Å²) in [5.41, 5.74) is 0.789. The number of halogens is 1. The zero-order chi connectivity index (χ0) is 11.1. The molecule has 3 aromatic heterocycles. The lowest BCUT2D eigenvalue weighted by Gasteiger charge is -2.00. The highest BCUT2D eigenvalue weighted by atomic mass is 79.9. The van der Waals surface area contributed by atoms with Gasteiger partial charge in [0.15, 0.2) is 11.5 Å². The molecule has 3 rings (SSSR count). The largest absolute Gasteiger partial charge is 0.250 e. The summed E-state index contributed by atoms with van der Waals surface area (Å²) in [6.07, 6.45) is 6.80. The standard InChI is InChI=1S/C9H7BrN6/c1-15-8-7(3-13-15)9(12-5-11-8)16-4-6(10)2-14-16/h2-5H,1H3. The summed E-state index contributed by atoms with van der Waals surface area (Å²) >= 11 is 3.35. The Labute approximate surface area is 99.1 Å². The SMILES string of the molecule is Cn1ncc2c(-n3cc(Br)cn3)ncnc21. The second-order valence-electron chi connectivity index (χ2n) is 3.31. The normalized spacial score (nSPS) is 11.1. The lowest BCUT2D eigenvalue weighted by molar-refractivity contribution is 0.784. The lowest BCUT2D eigenvalue weighted by atomic mass is 10.4. The van der Waals surface area contributed by atoms with Crippen LogP contribution in [-0.4, -0.2) is 29.5 Å². The third kappa shape index (κ3) is 1.32. The van der Waals surface area contributed by atoms with E-state index in [4.69, 9.17) is 0 Å². The molecule has 3 aromatic rings. The van der Waals surface area contributed by atoms with Gasteiger partial charge in [-0.2, -0.15) is 10.2 Å². The molecule has 0 spiro atoms. The highest BCUT2D eigenvalue weighted by Gasteiger charge is 2.09. The second kappa shape index (κ2) is 3.38. The molecular formula is C9H7BrN6. The summed E-state index contributed by atoms with van der Waals surface area (Å²) in [6, 6.07) is 0. The molecule has 0 amide bonds. The van der Waals surface area contributed by atoms with Crippen molar-refractivity contribution in [2.45, 2.75) is 0 Å². The molecule has 0 fully saturated rings. The Bertz CT molecular complexity index is 655. The van der Waals surface area contributed by atoms with Crippen LogP contribution in [0.1, 0.15) is 0 Å². The maximum Gasteiger partial charge on any atom is 0.167 e. The van der Waals surface area contributed by atoms with Crippen LogP contribution < -0.4 is 0 Å². The van der Waals surface area contributed by atoms with E-state index in [1.807, 2.05) is 13.2 Å². The summed E-state index contributed by atoms with van der Waals surface area (Å²) in [6.45, 7) is 0. The summed E-state index contributed by atoms with van der Waals surface area (Å²) in [5, 5.41) is 9.21. The van der Waals surface area contributed by atoms with Crippen molar-refractivity contribution in [2.75, 3.05) is 0 Å². The summed E-state index contributed by atoms with van der Waals surface area (Å²) < 4.78 is 4.30. The molecule has 80 valence electrons. The Morgan fingerprint density at radius 3 is 2.81 bits per heavy atom. The van der Waals surface area contributed by atoms with E-state index in [9.17, 15) is 0 Å². The molecule has 6 nitrogen and oxygen atoms in total. The number of rotatable bonds is 1. The van der Waals surface area contributed by atoms with E-state index in [0.717, 1.165) is 21.3 Å². The molecule has 0 unspecified atom stereocenters. The molecular weight excluding hydrogens is 272 g/mol. The topological polar surface area (TPSA) is 61.4 Å². The van der Waals surface area contributed by atoms with Crippen LogP contribution in [0.5, 0.6) is 0 Å². The molecule has 0 radical (unpaired) electrons. The van der Waals surface area contributed by atoms with Crippen molar-refractivity contribution in [1.82, 2.24) is 29.5 Å². The second-order valence-corrected chi connectivity index (χ2v) is 4.22. The van der Waals surface area contributed by atoms with Gasteiger partial charge in [-0.3, -0.25) is 4.68 Å². The van der Waals surface area contributed by atoms with Crippen LogP contribution in [0, 0.1) is 0 Å². The molecule has 0 N–H and O–H groups in total.